The van der Waals surface area contributed by atoms with Crippen molar-refractivity contribution < 1.29 is 17.9 Å². The Morgan fingerprint density at radius 1 is 1.06 bits per heavy atom. The second kappa shape index (κ2) is 13.6. The number of unbranched alkanes of at least 4 members (excludes halogenated alkanes) is 1. The fraction of sp³-hybridized carbons (Fsp3) is 0.381. The van der Waals surface area contributed by atoms with Gasteiger partial charge in [-0.05, 0) is 49.7 Å². The average Bonchev–Trinajstić information content (AvgIpc) is 2.73. The van der Waals surface area contributed by atoms with Crippen molar-refractivity contribution >= 4 is 44.9 Å². The maximum Gasteiger partial charge on any atom is 0.319 e. The predicted octanol–water partition coefficient (Wildman–Crippen LogP) is 3.48. The molecule has 2 aromatic rings. The highest BCUT2D eigenvalue weighted by Crippen LogP contribution is 2.24. The summed E-state index contributed by atoms with van der Waals surface area (Å²) in [5.41, 5.74) is 0.705. The number of anilines is 1. The number of amides is 2. The van der Waals surface area contributed by atoms with Crippen molar-refractivity contribution in [1.29, 1.82) is 0 Å². The van der Waals surface area contributed by atoms with Gasteiger partial charge < -0.3 is 20.7 Å². The van der Waals surface area contributed by atoms with E-state index in [9.17, 15) is 13.2 Å². The van der Waals surface area contributed by atoms with E-state index in [4.69, 9.17) is 27.9 Å². The highest BCUT2D eigenvalue weighted by molar-refractivity contribution is 7.89. The van der Waals surface area contributed by atoms with Crippen LogP contribution < -0.4 is 20.7 Å². The van der Waals surface area contributed by atoms with Crippen molar-refractivity contribution in [2.75, 3.05) is 38.7 Å². The number of carbonyl (C=O) groups excluding carboxylic acids is 1. The zero-order valence-electron chi connectivity index (χ0n) is 17.7. The average molecular weight is 503 g/mol. The molecule has 2 rings (SSSR count). The number of para-hydroxylation sites is 1. The first kappa shape index (κ1) is 26.4. The Kier molecular flexibility index (Phi) is 11.2. The largest absolute Gasteiger partial charge is 0.383 e. The zero-order valence-corrected chi connectivity index (χ0v) is 20.1. The molecule has 0 spiro atoms. The number of hydrogen-bond acceptors (Lipinski definition) is 5. The van der Waals surface area contributed by atoms with Gasteiger partial charge in [0.15, 0.2) is 0 Å². The van der Waals surface area contributed by atoms with Crippen LogP contribution in [-0.2, 0) is 14.8 Å². The van der Waals surface area contributed by atoms with E-state index in [0.29, 0.717) is 36.8 Å². The van der Waals surface area contributed by atoms with Gasteiger partial charge in [0.1, 0.15) is 4.90 Å². The molecule has 0 bridgehead atoms. The van der Waals surface area contributed by atoms with Gasteiger partial charge in [0.05, 0.1) is 17.7 Å². The molecule has 32 heavy (non-hydrogen) atoms. The molecule has 176 valence electrons. The fourth-order valence-corrected chi connectivity index (χ4v) is 4.70. The third-order valence-corrected chi connectivity index (χ3v) is 6.56. The Hall–Kier alpha value is -1.88. The molecule has 0 saturated carbocycles. The number of methoxy groups -OCH3 is 1. The molecule has 0 heterocycles. The minimum atomic E-state index is -3.69. The third kappa shape index (κ3) is 9.32. The molecule has 2 aromatic carbocycles. The van der Waals surface area contributed by atoms with Crippen molar-refractivity contribution in [3.8, 4) is 0 Å². The molecule has 0 radical (unpaired) electrons. The summed E-state index contributed by atoms with van der Waals surface area (Å²) >= 11 is 11.8. The van der Waals surface area contributed by atoms with Crippen LogP contribution in [0.2, 0.25) is 10.0 Å². The predicted molar refractivity (Wildman–Crippen MR) is 128 cm³/mol. The highest BCUT2D eigenvalue weighted by atomic mass is 35.5. The molecule has 0 fully saturated rings. The second-order valence-corrected chi connectivity index (χ2v) is 9.58. The number of ether oxygens (including phenoxy) is 1. The lowest BCUT2D eigenvalue weighted by Gasteiger charge is -2.19. The molecule has 8 nitrogen and oxygen atoms in total. The molecule has 0 aliphatic rings. The first-order valence-corrected chi connectivity index (χ1v) is 12.3. The van der Waals surface area contributed by atoms with E-state index in [1.165, 1.54) is 18.2 Å². The summed E-state index contributed by atoms with van der Waals surface area (Å²) in [6.45, 7) is 1.81. The van der Waals surface area contributed by atoms with E-state index < -0.39 is 10.0 Å². The van der Waals surface area contributed by atoms with E-state index in [-0.39, 0.29) is 28.5 Å². The maximum absolute atomic E-state index is 12.3. The number of nitrogens with one attached hydrogen (secondary N) is 4. The Labute approximate surface area is 199 Å². The van der Waals surface area contributed by atoms with Gasteiger partial charge in [0, 0.05) is 30.9 Å². The Bertz CT molecular complexity index is 962. The van der Waals surface area contributed by atoms with Gasteiger partial charge >= 0.3 is 6.03 Å². The fourth-order valence-electron chi connectivity index (χ4n) is 2.86. The lowest BCUT2D eigenvalue weighted by atomic mass is 10.2. The summed E-state index contributed by atoms with van der Waals surface area (Å²) in [4.78, 5) is 12.1. The van der Waals surface area contributed by atoms with Gasteiger partial charge in [0.25, 0.3) is 0 Å². The van der Waals surface area contributed by atoms with E-state index >= 15 is 0 Å². The third-order valence-electron chi connectivity index (χ3n) is 4.38. The lowest BCUT2D eigenvalue weighted by Crippen LogP contribution is -2.46. The summed E-state index contributed by atoms with van der Waals surface area (Å²) < 4.78 is 32.4. The van der Waals surface area contributed by atoms with E-state index in [1.54, 1.807) is 19.2 Å². The molecule has 11 heteroatoms. The van der Waals surface area contributed by atoms with Crippen LogP contribution in [0.15, 0.2) is 53.4 Å². The van der Waals surface area contributed by atoms with Gasteiger partial charge in [-0.1, -0.05) is 41.4 Å². The van der Waals surface area contributed by atoms with Gasteiger partial charge in [-0.25, -0.2) is 17.9 Å². The van der Waals surface area contributed by atoms with Crippen molar-refractivity contribution in [3.05, 3.63) is 58.6 Å². The topological polar surface area (TPSA) is 109 Å². The quantitative estimate of drug-likeness (QED) is 0.313. The molecule has 0 aliphatic heterocycles. The minimum absolute atomic E-state index is 0.00366. The molecule has 2 amide bonds. The zero-order chi connectivity index (χ0) is 23.4. The summed E-state index contributed by atoms with van der Waals surface area (Å²) in [5.74, 6) is 0. The lowest BCUT2D eigenvalue weighted by molar-refractivity contribution is 0.166. The molecule has 4 N–H and O–H groups in total. The maximum atomic E-state index is 12.3. The van der Waals surface area contributed by atoms with Crippen molar-refractivity contribution in [1.82, 2.24) is 15.4 Å². The molecule has 0 unspecified atom stereocenters. The summed E-state index contributed by atoms with van der Waals surface area (Å²) in [7, 11) is -2.12. The molecule has 0 aliphatic carbocycles. The monoisotopic (exact) mass is 502 g/mol. The van der Waals surface area contributed by atoms with Gasteiger partial charge in [-0.15, -0.1) is 0 Å². The summed E-state index contributed by atoms with van der Waals surface area (Å²) in [6.07, 6.45) is 1.38. The van der Waals surface area contributed by atoms with Crippen molar-refractivity contribution in [2.24, 2.45) is 0 Å². The van der Waals surface area contributed by atoms with Crippen LogP contribution in [-0.4, -0.2) is 53.8 Å². The van der Waals surface area contributed by atoms with Crippen LogP contribution in [0.4, 0.5) is 10.5 Å². The molecule has 0 aromatic heterocycles. The molecule has 1 atom stereocenters. The molecular weight excluding hydrogens is 475 g/mol. The van der Waals surface area contributed by atoms with E-state index in [1.807, 2.05) is 18.2 Å². The van der Waals surface area contributed by atoms with Crippen molar-refractivity contribution in [2.45, 2.75) is 23.8 Å². The second-order valence-electron chi connectivity index (χ2n) is 7.00. The first-order valence-electron chi connectivity index (χ1n) is 10.1. The minimum Gasteiger partial charge on any atom is -0.383 e. The van der Waals surface area contributed by atoms with Crippen LogP contribution in [0.3, 0.4) is 0 Å². The smallest absolute Gasteiger partial charge is 0.319 e. The summed E-state index contributed by atoms with van der Waals surface area (Å²) in [6, 6.07) is 12.9. The highest BCUT2D eigenvalue weighted by Gasteiger charge is 2.17. The van der Waals surface area contributed by atoms with Crippen molar-refractivity contribution in [3.63, 3.8) is 0 Å². The van der Waals surface area contributed by atoms with Crippen LogP contribution in [0.5, 0.6) is 0 Å². The number of halogens is 2. The van der Waals surface area contributed by atoms with Gasteiger partial charge in [-0.2, -0.15) is 0 Å². The standard InChI is InChI=1S/C21H28Cl2N4O4S/c1-31-15-18(27-21(28)26-17-7-3-2-4-8-17)14-24-11-5-6-12-25-32(29,30)20-10-9-16(22)13-19(20)23/h2-4,7-10,13,18,24-25H,5-6,11-12,14-15H2,1H3,(H2,26,27,28)/t18-/m1/s1. The van der Waals surface area contributed by atoms with Crippen LogP contribution in [0, 0.1) is 0 Å². The number of rotatable bonds is 13. The first-order chi connectivity index (χ1) is 15.3. The van der Waals surface area contributed by atoms with Gasteiger partial charge in [-0.3, -0.25) is 0 Å². The number of urea groups is 1. The number of benzene rings is 2. The van der Waals surface area contributed by atoms with E-state index in [2.05, 4.69) is 20.7 Å². The number of sulfonamides is 1. The summed E-state index contributed by atoms with van der Waals surface area (Å²) in [5, 5.41) is 9.34. The molecular formula is C21H28Cl2N4O4S. The SMILES string of the molecule is COC[C@@H](CNCCCCNS(=O)(=O)c1ccc(Cl)cc1Cl)NC(=O)Nc1ccccc1. The Morgan fingerprint density at radius 2 is 1.78 bits per heavy atom. The van der Waals surface area contributed by atoms with Crippen LogP contribution in [0.1, 0.15) is 12.8 Å². The van der Waals surface area contributed by atoms with E-state index in [0.717, 1.165) is 6.42 Å². The Balaban J connectivity index is 1.66. The normalized spacial score (nSPS) is 12.3. The van der Waals surface area contributed by atoms with Gasteiger partial charge in [0.2, 0.25) is 10.0 Å². The van der Waals surface area contributed by atoms with Crippen LogP contribution >= 0.6 is 23.2 Å². The number of hydrogen-bond donors (Lipinski definition) is 4. The Morgan fingerprint density at radius 3 is 2.47 bits per heavy atom. The van der Waals surface area contributed by atoms with Crippen LogP contribution in [0.25, 0.3) is 0 Å². The molecule has 0 saturated heterocycles. The number of carbonyl (C=O) groups is 1.